The zero-order valence-electron chi connectivity index (χ0n) is 5.29. The lowest BCUT2D eigenvalue weighted by Crippen LogP contribution is -1.82. The van der Waals surface area contributed by atoms with Crippen LogP contribution in [0.15, 0.2) is 16.6 Å². The molecule has 0 saturated heterocycles. The fourth-order valence-corrected chi connectivity index (χ4v) is 1.66. The average Bonchev–Trinajstić information content (AvgIpc) is 1.82. The summed E-state index contributed by atoms with van der Waals surface area (Å²) >= 11 is 8.71. The van der Waals surface area contributed by atoms with Gasteiger partial charge >= 0.3 is 0 Å². The van der Waals surface area contributed by atoms with Gasteiger partial charge in [0.05, 0.1) is 5.02 Å². The molecule has 0 nitrogen and oxygen atoms in total. The van der Waals surface area contributed by atoms with Gasteiger partial charge in [-0.15, -0.1) is 0 Å². The summed E-state index contributed by atoms with van der Waals surface area (Å²) in [7, 11) is 0. The zero-order chi connectivity index (χ0) is 7.72. The highest BCUT2D eigenvalue weighted by molar-refractivity contribution is 9.10. The Balaban J connectivity index is 3.31. The zero-order valence-corrected chi connectivity index (χ0v) is 7.63. The first kappa shape index (κ1) is 8.02. The van der Waals surface area contributed by atoms with Gasteiger partial charge in [-0.25, -0.2) is 4.39 Å². The third kappa shape index (κ3) is 1.50. The third-order valence-corrected chi connectivity index (χ3v) is 1.91. The van der Waals surface area contributed by atoms with Gasteiger partial charge in [-0.05, 0) is 24.6 Å². The van der Waals surface area contributed by atoms with E-state index in [4.69, 9.17) is 11.6 Å². The molecular formula is C7H5BrClF. The largest absolute Gasteiger partial charge is 0.205 e. The van der Waals surface area contributed by atoms with Gasteiger partial charge in [0.15, 0.2) is 0 Å². The van der Waals surface area contributed by atoms with Crippen molar-refractivity contribution in [2.45, 2.75) is 6.92 Å². The normalized spacial score (nSPS) is 10.0. The lowest BCUT2D eigenvalue weighted by molar-refractivity contribution is 0.618. The summed E-state index contributed by atoms with van der Waals surface area (Å²) in [5.41, 5.74) is 0.555. The van der Waals surface area contributed by atoms with Crippen LogP contribution in [0.3, 0.4) is 0 Å². The molecule has 10 heavy (non-hydrogen) atoms. The van der Waals surface area contributed by atoms with Crippen LogP contribution in [0, 0.1) is 12.7 Å². The molecule has 0 aliphatic heterocycles. The van der Waals surface area contributed by atoms with Crippen LogP contribution >= 0.6 is 27.5 Å². The first-order chi connectivity index (χ1) is 4.61. The molecule has 1 aromatic carbocycles. The molecule has 0 saturated carbocycles. The number of benzene rings is 1. The Labute approximate surface area is 72.1 Å². The van der Waals surface area contributed by atoms with E-state index in [0.717, 1.165) is 4.47 Å². The van der Waals surface area contributed by atoms with Gasteiger partial charge in [-0.3, -0.25) is 0 Å². The SMILES string of the molecule is Cc1cc(Br)cc(Cl)c1F. The van der Waals surface area contributed by atoms with E-state index in [9.17, 15) is 4.39 Å². The molecule has 3 heteroatoms. The van der Waals surface area contributed by atoms with E-state index in [-0.39, 0.29) is 10.8 Å². The maximum atomic E-state index is 12.8. The second kappa shape index (κ2) is 2.89. The maximum Gasteiger partial charge on any atom is 0.144 e. The molecule has 0 N–H and O–H groups in total. The van der Waals surface area contributed by atoms with Crippen molar-refractivity contribution in [3.8, 4) is 0 Å². The molecular weight excluding hydrogens is 218 g/mol. The number of hydrogen-bond donors (Lipinski definition) is 0. The Kier molecular flexibility index (Phi) is 2.32. The van der Waals surface area contributed by atoms with Crippen LogP contribution in [0.2, 0.25) is 5.02 Å². The first-order valence-corrected chi connectivity index (χ1v) is 3.89. The van der Waals surface area contributed by atoms with Gasteiger partial charge in [0.1, 0.15) is 5.82 Å². The molecule has 0 aliphatic carbocycles. The molecule has 0 heterocycles. The minimum Gasteiger partial charge on any atom is -0.205 e. The highest BCUT2D eigenvalue weighted by Crippen LogP contribution is 2.23. The van der Waals surface area contributed by atoms with Gasteiger partial charge in [0.2, 0.25) is 0 Å². The smallest absolute Gasteiger partial charge is 0.144 e. The van der Waals surface area contributed by atoms with Crippen LogP contribution in [-0.4, -0.2) is 0 Å². The van der Waals surface area contributed by atoms with E-state index in [1.165, 1.54) is 6.07 Å². The summed E-state index contributed by atoms with van der Waals surface area (Å²) in [6.45, 7) is 1.67. The van der Waals surface area contributed by atoms with E-state index in [2.05, 4.69) is 15.9 Å². The second-order valence-electron chi connectivity index (χ2n) is 2.02. The topological polar surface area (TPSA) is 0 Å². The lowest BCUT2D eigenvalue weighted by atomic mass is 10.2. The van der Waals surface area contributed by atoms with Crippen LogP contribution in [0.5, 0.6) is 0 Å². The van der Waals surface area contributed by atoms with Crippen molar-refractivity contribution < 1.29 is 4.39 Å². The van der Waals surface area contributed by atoms with Crippen molar-refractivity contribution in [2.24, 2.45) is 0 Å². The molecule has 0 aliphatic rings. The third-order valence-electron chi connectivity index (χ3n) is 1.17. The molecule has 0 bridgehead atoms. The minimum atomic E-state index is -0.343. The van der Waals surface area contributed by atoms with Gasteiger partial charge in [-0.1, -0.05) is 27.5 Å². The van der Waals surface area contributed by atoms with Crippen molar-refractivity contribution >= 4 is 27.5 Å². The van der Waals surface area contributed by atoms with Crippen molar-refractivity contribution in [3.63, 3.8) is 0 Å². The molecule has 0 amide bonds. The number of rotatable bonds is 0. The maximum absolute atomic E-state index is 12.8. The van der Waals surface area contributed by atoms with Crippen LogP contribution < -0.4 is 0 Å². The predicted octanol–water partition coefficient (Wildman–Crippen LogP) is 3.55. The average molecular weight is 223 g/mol. The molecule has 0 aromatic heterocycles. The molecule has 1 rings (SSSR count). The van der Waals surface area contributed by atoms with Crippen molar-refractivity contribution in [1.29, 1.82) is 0 Å². The quantitative estimate of drug-likeness (QED) is 0.590. The Morgan fingerprint density at radius 2 is 2.10 bits per heavy atom. The molecule has 0 spiro atoms. The molecule has 0 radical (unpaired) electrons. The van der Waals surface area contributed by atoms with Crippen molar-refractivity contribution in [2.75, 3.05) is 0 Å². The predicted molar refractivity (Wildman–Crippen MR) is 43.8 cm³/mol. The van der Waals surface area contributed by atoms with Crippen molar-refractivity contribution in [1.82, 2.24) is 0 Å². The van der Waals surface area contributed by atoms with Crippen LogP contribution in [0.25, 0.3) is 0 Å². The van der Waals surface area contributed by atoms with E-state index in [1.54, 1.807) is 13.0 Å². The molecule has 0 unspecified atom stereocenters. The van der Waals surface area contributed by atoms with Crippen molar-refractivity contribution in [3.05, 3.63) is 33.0 Å². The second-order valence-corrected chi connectivity index (χ2v) is 3.34. The Bertz CT molecular complexity index is 237. The first-order valence-electron chi connectivity index (χ1n) is 2.72. The molecule has 0 fully saturated rings. The minimum absolute atomic E-state index is 0.159. The highest BCUT2D eigenvalue weighted by Gasteiger charge is 2.02. The Hall–Kier alpha value is -0.0800. The van der Waals surface area contributed by atoms with E-state index < -0.39 is 0 Å². The molecule has 1 aromatic rings. The fourth-order valence-electron chi connectivity index (χ4n) is 0.685. The van der Waals surface area contributed by atoms with Crippen LogP contribution in [0.1, 0.15) is 5.56 Å². The fraction of sp³-hybridized carbons (Fsp3) is 0.143. The van der Waals surface area contributed by atoms with Crippen LogP contribution in [-0.2, 0) is 0 Å². The number of aryl methyl sites for hydroxylation is 1. The van der Waals surface area contributed by atoms with Gasteiger partial charge in [0, 0.05) is 4.47 Å². The Morgan fingerprint density at radius 3 is 2.60 bits per heavy atom. The summed E-state index contributed by atoms with van der Waals surface area (Å²) in [4.78, 5) is 0. The van der Waals surface area contributed by atoms with Gasteiger partial charge in [-0.2, -0.15) is 0 Å². The molecule has 54 valence electrons. The molecule has 0 atom stereocenters. The summed E-state index contributed by atoms with van der Waals surface area (Å²) in [6, 6.07) is 3.21. The van der Waals surface area contributed by atoms with E-state index >= 15 is 0 Å². The Morgan fingerprint density at radius 1 is 1.50 bits per heavy atom. The summed E-state index contributed by atoms with van der Waals surface area (Å²) < 4.78 is 13.6. The summed E-state index contributed by atoms with van der Waals surface area (Å²) in [5, 5.41) is 0.159. The number of halogens is 3. The standard InChI is InChI=1S/C7H5BrClF/c1-4-2-5(8)3-6(9)7(4)10/h2-3H,1H3. The number of hydrogen-bond acceptors (Lipinski definition) is 0. The lowest BCUT2D eigenvalue weighted by Gasteiger charge is -1.98. The van der Waals surface area contributed by atoms with E-state index in [1.807, 2.05) is 0 Å². The van der Waals surface area contributed by atoms with E-state index in [0.29, 0.717) is 5.56 Å². The summed E-state index contributed by atoms with van der Waals surface area (Å²) in [5.74, 6) is -0.343. The summed E-state index contributed by atoms with van der Waals surface area (Å²) in [6.07, 6.45) is 0. The van der Waals surface area contributed by atoms with Gasteiger partial charge in [0.25, 0.3) is 0 Å². The van der Waals surface area contributed by atoms with Gasteiger partial charge < -0.3 is 0 Å². The van der Waals surface area contributed by atoms with Crippen LogP contribution in [0.4, 0.5) is 4.39 Å². The monoisotopic (exact) mass is 222 g/mol. The highest BCUT2D eigenvalue weighted by atomic mass is 79.9.